The molecule has 0 spiro atoms. The quantitative estimate of drug-likeness (QED) is 0.495. The number of hydrogen-bond donors (Lipinski definition) is 5. The third-order valence-corrected chi connectivity index (χ3v) is 3.03. The van der Waals surface area contributed by atoms with Crippen LogP contribution in [0.1, 0.15) is 5.56 Å². The highest BCUT2D eigenvalue weighted by atomic mass is 16.5. The predicted molar refractivity (Wildman–Crippen MR) is 81.1 cm³/mol. The second kappa shape index (κ2) is 7.53. The molecule has 0 aliphatic heterocycles. The average Bonchev–Trinajstić information content (AvgIpc) is 2.50. The third kappa shape index (κ3) is 4.83. The van der Waals surface area contributed by atoms with E-state index >= 15 is 0 Å². The summed E-state index contributed by atoms with van der Waals surface area (Å²) in [4.78, 5) is 0. The van der Waals surface area contributed by atoms with Gasteiger partial charge in [-0.1, -0.05) is 6.07 Å². The Balaban J connectivity index is 1.70. The molecule has 0 heterocycles. The Morgan fingerprint density at radius 3 is 2.36 bits per heavy atom. The van der Waals surface area contributed by atoms with Crippen molar-refractivity contribution in [3.8, 4) is 23.0 Å². The van der Waals surface area contributed by atoms with Gasteiger partial charge in [0.15, 0.2) is 11.5 Å². The number of aliphatic hydroxyl groups is 1. The van der Waals surface area contributed by atoms with E-state index in [1.807, 2.05) is 0 Å². The number of phenols is 3. The molecule has 0 saturated heterocycles. The van der Waals surface area contributed by atoms with Gasteiger partial charge in [-0.3, -0.25) is 0 Å². The van der Waals surface area contributed by atoms with E-state index in [-0.39, 0.29) is 23.9 Å². The molecule has 5 N–H and O–H groups in total. The molecular weight excluding hydrogens is 286 g/mol. The van der Waals surface area contributed by atoms with E-state index < -0.39 is 6.10 Å². The zero-order chi connectivity index (χ0) is 15.9. The maximum atomic E-state index is 9.82. The summed E-state index contributed by atoms with van der Waals surface area (Å²) < 4.78 is 5.39. The molecule has 6 nitrogen and oxygen atoms in total. The zero-order valence-electron chi connectivity index (χ0n) is 11.9. The molecule has 1 unspecified atom stereocenters. The Labute approximate surface area is 128 Å². The Kier molecular flexibility index (Phi) is 5.46. The van der Waals surface area contributed by atoms with Crippen LogP contribution in [0.25, 0.3) is 0 Å². The maximum absolute atomic E-state index is 9.82. The van der Waals surface area contributed by atoms with Gasteiger partial charge in [0.05, 0.1) is 0 Å². The van der Waals surface area contributed by atoms with Gasteiger partial charge in [0, 0.05) is 13.1 Å². The van der Waals surface area contributed by atoms with E-state index in [2.05, 4.69) is 5.32 Å². The molecule has 2 aromatic carbocycles. The van der Waals surface area contributed by atoms with Gasteiger partial charge in [-0.15, -0.1) is 0 Å². The van der Waals surface area contributed by atoms with Gasteiger partial charge in [0.2, 0.25) is 0 Å². The highest BCUT2D eigenvalue weighted by molar-refractivity contribution is 5.40. The largest absolute Gasteiger partial charge is 0.508 e. The SMILES string of the molecule is Oc1ccc(OCC(O)CNCc2ccc(O)c(O)c2)cc1. The normalized spacial score (nSPS) is 12.0. The minimum atomic E-state index is -0.695. The van der Waals surface area contributed by atoms with Crippen LogP contribution in [-0.2, 0) is 6.54 Å². The summed E-state index contributed by atoms with van der Waals surface area (Å²) in [6, 6.07) is 10.8. The van der Waals surface area contributed by atoms with E-state index in [0.717, 1.165) is 5.56 Å². The summed E-state index contributed by atoms with van der Waals surface area (Å²) in [5.41, 5.74) is 0.793. The van der Waals surface area contributed by atoms with Gasteiger partial charge in [-0.25, -0.2) is 0 Å². The molecular formula is C16H19NO5. The highest BCUT2D eigenvalue weighted by Crippen LogP contribution is 2.24. The number of ether oxygens (including phenoxy) is 1. The predicted octanol–water partition coefficient (Wildman–Crippen LogP) is 1.33. The molecule has 0 aliphatic carbocycles. The minimum absolute atomic E-state index is 0.124. The molecule has 6 heteroatoms. The van der Waals surface area contributed by atoms with Crippen molar-refractivity contribution < 1.29 is 25.2 Å². The van der Waals surface area contributed by atoms with Gasteiger partial charge < -0.3 is 30.5 Å². The lowest BCUT2D eigenvalue weighted by atomic mass is 10.2. The van der Waals surface area contributed by atoms with Crippen molar-refractivity contribution in [2.75, 3.05) is 13.2 Å². The first-order valence-corrected chi connectivity index (χ1v) is 6.86. The van der Waals surface area contributed by atoms with Crippen molar-refractivity contribution in [3.63, 3.8) is 0 Å². The van der Waals surface area contributed by atoms with Gasteiger partial charge in [-0.2, -0.15) is 0 Å². The number of phenolic OH excluding ortho intramolecular Hbond substituents is 3. The minimum Gasteiger partial charge on any atom is -0.508 e. The summed E-state index contributed by atoms with van der Waals surface area (Å²) in [7, 11) is 0. The Morgan fingerprint density at radius 2 is 1.68 bits per heavy atom. The van der Waals surface area contributed by atoms with Crippen molar-refractivity contribution in [1.29, 1.82) is 0 Å². The number of aliphatic hydroxyl groups excluding tert-OH is 1. The number of hydrogen-bond acceptors (Lipinski definition) is 6. The fraction of sp³-hybridized carbons (Fsp3) is 0.250. The molecule has 1 atom stereocenters. The molecule has 22 heavy (non-hydrogen) atoms. The summed E-state index contributed by atoms with van der Waals surface area (Å²) in [5.74, 6) is 0.397. The molecule has 0 saturated carbocycles. The number of rotatable bonds is 7. The zero-order valence-corrected chi connectivity index (χ0v) is 11.9. The standard InChI is InChI=1S/C16H19NO5/c18-12-2-4-14(5-3-12)22-10-13(19)9-17-8-11-1-6-15(20)16(21)7-11/h1-7,13,17-21H,8-10H2. The number of nitrogens with one attached hydrogen (secondary N) is 1. The monoisotopic (exact) mass is 305 g/mol. The lowest BCUT2D eigenvalue weighted by Gasteiger charge is -2.13. The average molecular weight is 305 g/mol. The Hall–Kier alpha value is -2.44. The van der Waals surface area contributed by atoms with Gasteiger partial charge in [0.25, 0.3) is 0 Å². The number of benzene rings is 2. The lowest BCUT2D eigenvalue weighted by molar-refractivity contribution is 0.106. The van der Waals surface area contributed by atoms with Crippen LogP contribution >= 0.6 is 0 Å². The lowest BCUT2D eigenvalue weighted by Crippen LogP contribution is -2.31. The van der Waals surface area contributed by atoms with Crippen LogP contribution < -0.4 is 10.1 Å². The van der Waals surface area contributed by atoms with E-state index in [0.29, 0.717) is 18.8 Å². The van der Waals surface area contributed by atoms with Crippen LogP contribution in [0.2, 0.25) is 0 Å². The van der Waals surface area contributed by atoms with E-state index in [1.54, 1.807) is 18.2 Å². The van der Waals surface area contributed by atoms with Crippen LogP contribution in [0, 0.1) is 0 Å². The summed E-state index contributed by atoms with van der Waals surface area (Å²) in [5, 5.41) is 40.6. The van der Waals surface area contributed by atoms with Gasteiger partial charge in [-0.05, 0) is 42.0 Å². The Morgan fingerprint density at radius 1 is 0.955 bits per heavy atom. The van der Waals surface area contributed by atoms with E-state index in [1.165, 1.54) is 24.3 Å². The fourth-order valence-electron chi connectivity index (χ4n) is 1.86. The maximum Gasteiger partial charge on any atom is 0.157 e. The van der Waals surface area contributed by atoms with Crippen LogP contribution in [0.15, 0.2) is 42.5 Å². The molecule has 0 amide bonds. The number of aromatic hydroxyl groups is 3. The molecule has 0 fully saturated rings. The first kappa shape index (κ1) is 15.9. The first-order valence-electron chi connectivity index (χ1n) is 6.86. The fourth-order valence-corrected chi connectivity index (χ4v) is 1.86. The molecule has 2 rings (SSSR count). The Bertz CT molecular complexity index is 600. The van der Waals surface area contributed by atoms with Gasteiger partial charge >= 0.3 is 0 Å². The topological polar surface area (TPSA) is 102 Å². The first-order chi connectivity index (χ1) is 10.5. The van der Waals surface area contributed by atoms with Crippen LogP contribution in [-0.4, -0.2) is 39.7 Å². The summed E-state index contributed by atoms with van der Waals surface area (Å²) >= 11 is 0. The van der Waals surface area contributed by atoms with Crippen molar-refractivity contribution >= 4 is 0 Å². The van der Waals surface area contributed by atoms with Gasteiger partial charge in [0.1, 0.15) is 24.2 Å². The van der Waals surface area contributed by atoms with Crippen LogP contribution in [0.4, 0.5) is 0 Å². The van der Waals surface area contributed by atoms with Crippen molar-refractivity contribution in [3.05, 3.63) is 48.0 Å². The smallest absolute Gasteiger partial charge is 0.157 e. The molecule has 0 aromatic heterocycles. The summed E-state index contributed by atoms with van der Waals surface area (Å²) in [6.07, 6.45) is -0.695. The van der Waals surface area contributed by atoms with Crippen LogP contribution in [0.5, 0.6) is 23.0 Å². The second-order valence-corrected chi connectivity index (χ2v) is 4.91. The van der Waals surface area contributed by atoms with Crippen molar-refractivity contribution in [1.82, 2.24) is 5.32 Å². The summed E-state index contributed by atoms with van der Waals surface area (Å²) in [6.45, 7) is 0.891. The molecule has 2 aromatic rings. The van der Waals surface area contributed by atoms with E-state index in [4.69, 9.17) is 9.84 Å². The molecule has 118 valence electrons. The second-order valence-electron chi connectivity index (χ2n) is 4.91. The highest BCUT2D eigenvalue weighted by Gasteiger charge is 2.06. The van der Waals surface area contributed by atoms with E-state index in [9.17, 15) is 15.3 Å². The molecule has 0 bridgehead atoms. The third-order valence-electron chi connectivity index (χ3n) is 3.03. The molecule has 0 radical (unpaired) electrons. The van der Waals surface area contributed by atoms with Crippen molar-refractivity contribution in [2.24, 2.45) is 0 Å². The van der Waals surface area contributed by atoms with Crippen molar-refractivity contribution in [2.45, 2.75) is 12.6 Å². The molecule has 0 aliphatic rings. The van der Waals surface area contributed by atoms with Crippen LogP contribution in [0.3, 0.4) is 0 Å².